The Morgan fingerprint density at radius 1 is 1.57 bits per heavy atom. The van der Waals surface area contributed by atoms with Gasteiger partial charge in [0, 0.05) is 13.0 Å². The van der Waals surface area contributed by atoms with Gasteiger partial charge in [0.15, 0.2) is 0 Å². The maximum Gasteiger partial charge on any atom is 0.233 e. The van der Waals surface area contributed by atoms with E-state index in [-0.39, 0.29) is 12.5 Å². The van der Waals surface area contributed by atoms with Crippen molar-refractivity contribution in [2.75, 3.05) is 12.9 Å². The van der Waals surface area contributed by atoms with Crippen molar-refractivity contribution >= 4 is 15.9 Å². The molecular weight excluding hydrogens is 206 g/mol. The summed E-state index contributed by atoms with van der Waals surface area (Å²) in [7, 11) is -3.41. The molecule has 0 aromatic carbocycles. The number of nitrogens with one attached hydrogen (secondary N) is 1. The van der Waals surface area contributed by atoms with Crippen LogP contribution in [0.3, 0.4) is 0 Å². The van der Waals surface area contributed by atoms with Gasteiger partial charge in [0.2, 0.25) is 15.9 Å². The number of carbonyl (C=O) groups is 1. The first kappa shape index (κ1) is 11.5. The van der Waals surface area contributed by atoms with Gasteiger partial charge in [-0.05, 0) is 19.3 Å². The number of hydrogen-bond donors (Lipinski definition) is 1. The SMILES string of the molecule is CS(=O)(=O)NC(=O)CCC1CCCO1. The molecule has 1 saturated heterocycles. The molecule has 0 saturated carbocycles. The highest BCUT2D eigenvalue weighted by atomic mass is 32.2. The predicted octanol–water partition coefficient (Wildman–Crippen LogP) is 0.0214. The van der Waals surface area contributed by atoms with Crippen LogP contribution in [0, 0.1) is 0 Å². The minimum atomic E-state index is -3.41. The fraction of sp³-hybridized carbons (Fsp3) is 0.875. The van der Waals surface area contributed by atoms with Crippen LogP contribution >= 0.6 is 0 Å². The van der Waals surface area contributed by atoms with Gasteiger partial charge in [-0.25, -0.2) is 8.42 Å². The molecule has 1 N–H and O–H groups in total. The van der Waals surface area contributed by atoms with Crippen LogP contribution in [0.1, 0.15) is 25.7 Å². The number of hydrogen-bond acceptors (Lipinski definition) is 4. The topological polar surface area (TPSA) is 72.5 Å². The summed E-state index contributed by atoms with van der Waals surface area (Å²) in [5.41, 5.74) is 0. The van der Waals surface area contributed by atoms with Crippen molar-refractivity contribution in [1.82, 2.24) is 4.72 Å². The Balaban J connectivity index is 2.21. The standard InChI is InChI=1S/C8H15NO4S/c1-14(11,12)9-8(10)5-4-7-3-2-6-13-7/h7H,2-6H2,1H3,(H,9,10). The maximum absolute atomic E-state index is 11.1. The zero-order valence-electron chi connectivity index (χ0n) is 8.15. The van der Waals surface area contributed by atoms with Crippen molar-refractivity contribution < 1.29 is 17.9 Å². The molecule has 1 heterocycles. The Morgan fingerprint density at radius 3 is 2.79 bits per heavy atom. The molecule has 1 aliphatic rings. The first-order chi connectivity index (χ1) is 6.47. The Kier molecular flexibility index (Phi) is 3.88. The lowest BCUT2D eigenvalue weighted by Gasteiger charge is -2.08. The third-order valence-electron chi connectivity index (χ3n) is 2.02. The summed E-state index contributed by atoms with van der Waals surface area (Å²) >= 11 is 0. The van der Waals surface area contributed by atoms with E-state index < -0.39 is 15.9 Å². The Bertz CT molecular complexity index is 292. The molecule has 1 atom stereocenters. The number of amides is 1. The van der Waals surface area contributed by atoms with Crippen molar-refractivity contribution in [3.63, 3.8) is 0 Å². The van der Waals surface area contributed by atoms with Crippen molar-refractivity contribution in [3.8, 4) is 0 Å². The Morgan fingerprint density at radius 2 is 2.29 bits per heavy atom. The fourth-order valence-corrected chi connectivity index (χ4v) is 1.94. The molecule has 0 spiro atoms. The normalized spacial score (nSPS) is 22.2. The van der Waals surface area contributed by atoms with Crippen LogP contribution in [0.25, 0.3) is 0 Å². The lowest BCUT2D eigenvalue weighted by molar-refractivity contribution is -0.119. The third-order valence-corrected chi connectivity index (χ3v) is 2.62. The van der Waals surface area contributed by atoms with Crippen LogP contribution in [0.15, 0.2) is 0 Å². The lowest BCUT2D eigenvalue weighted by atomic mass is 10.1. The monoisotopic (exact) mass is 221 g/mol. The van der Waals surface area contributed by atoms with E-state index in [0.29, 0.717) is 6.42 Å². The van der Waals surface area contributed by atoms with Crippen LogP contribution in [-0.2, 0) is 19.6 Å². The van der Waals surface area contributed by atoms with E-state index in [9.17, 15) is 13.2 Å². The minimum Gasteiger partial charge on any atom is -0.378 e. The largest absolute Gasteiger partial charge is 0.378 e. The molecule has 0 radical (unpaired) electrons. The van der Waals surface area contributed by atoms with E-state index >= 15 is 0 Å². The highest BCUT2D eigenvalue weighted by Gasteiger charge is 2.17. The van der Waals surface area contributed by atoms with Crippen molar-refractivity contribution in [3.05, 3.63) is 0 Å². The number of carbonyl (C=O) groups excluding carboxylic acids is 1. The lowest BCUT2D eigenvalue weighted by Crippen LogP contribution is -2.29. The number of ether oxygens (including phenoxy) is 1. The van der Waals surface area contributed by atoms with Crippen molar-refractivity contribution in [1.29, 1.82) is 0 Å². The zero-order chi connectivity index (χ0) is 10.6. The maximum atomic E-state index is 11.1. The average Bonchev–Trinajstić information content (AvgIpc) is 2.49. The van der Waals surface area contributed by atoms with Crippen LogP contribution in [0.4, 0.5) is 0 Å². The molecule has 0 bridgehead atoms. The quantitative estimate of drug-likeness (QED) is 0.726. The van der Waals surface area contributed by atoms with E-state index in [1.807, 2.05) is 4.72 Å². The molecule has 6 heteroatoms. The molecule has 1 amide bonds. The summed E-state index contributed by atoms with van der Waals surface area (Å²) in [5.74, 6) is -0.456. The summed E-state index contributed by atoms with van der Waals surface area (Å²) in [6.45, 7) is 0.748. The van der Waals surface area contributed by atoms with Crippen molar-refractivity contribution in [2.24, 2.45) is 0 Å². The predicted molar refractivity (Wildman–Crippen MR) is 51.2 cm³/mol. The van der Waals surface area contributed by atoms with Gasteiger partial charge < -0.3 is 4.74 Å². The van der Waals surface area contributed by atoms with Gasteiger partial charge in [-0.2, -0.15) is 0 Å². The molecule has 1 rings (SSSR count). The first-order valence-electron chi connectivity index (χ1n) is 4.59. The molecule has 0 aromatic heterocycles. The highest BCUT2D eigenvalue weighted by molar-refractivity contribution is 7.89. The summed E-state index contributed by atoms with van der Waals surface area (Å²) < 4.78 is 28.6. The third kappa shape index (κ3) is 4.57. The summed E-state index contributed by atoms with van der Waals surface area (Å²) in [6.07, 6.45) is 3.89. The van der Waals surface area contributed by atoms with Gasteiger partial charge in [-0.1, -0.05) is 0 Å². The highest BCUT2D eigenvalue weighted by Crippen LogP contribution is 2.16. The molecule has 1 unspecified atom stereocenters. The van der Waals surface area contributed by atoms with E-state index in [4.69, 9.17) is 4.74 Å². The van der Waals surface area contributed by atoms with Gasteiger partial charge in [-0.15, -0.1) is 0 Å². The summed E-state index contributed by atoms with van der Waals surface area (Å²) in [5, 5.41) is 0. The number of rotatable bonds is 4. The van der Waals surface area contributed by atoms with Crippen molar-refractivity contribution in [2.45, 2.75) is 31.8 Å². The molecule has 5 nitrogen and oxygen atoms in total. The average molecular weight is 221 g/mol. The second-order valence-corrected chi connectivity index (χ2v) is 5.22. The molecule has 1 aliphatic heterocycles. The van der Waals surface area contributed by atoms with Gasteiger partial charge in [0.25, 0.3) is 0 Å². The molecule has 82 valence electrons. The van der Waals surface area contributed by atoms with E-state index in [2.05, 4.69) is 0 Å². The molecule has 0 aliphatic carbocycles. The van der Waals surface area contributed by atoms with Crippen LogP contribution < -0.4 is 4.72 Å². The first-order valence-corrected chi connectivity index (χ1v) is 6.49. The second kappa shape index (κ2) is 4.75. The second-order valence-electron chi connectivity index (χ2n) is 3.47. The van der Waals surface area contributed by atoms with E-state index in [1.165, 1.54) is 0 Å². The van der Waals surface area contributed by atoms with Crippen LogP contribution in [-0.4, -0.2) is 33.3 Å². The smallest absolute Gasteiger partial charge is 0.233 e. The van der Waals surface area contributed by atoms with Gasteiger partial charge in [0.05, 0.1) is 12.4 Å². The Hall–Kier alpha value is -0.620. The van der Waals surface area contributed by atoms with Gasteiger partial charge in [0.1, 0.15) is 0 Å². The van der Waals surface area contributed by atoms with Crippen LogP contribution in [0.5, 0.6) is 0 Å². The molecule has 1 fully saturated rings. The molecule has 0 aromatic rings. The summed E-state index contributed by atoms with van der Waals surface area (Å²) in [4.78, 5) is 11.1. The van der Waals surface area contributed by atoms with E-state index in [0.717, 1.165) is 25.7 Å². The fourth-order valence-electron chi connectivity index (χ4n) is 1.42. The molecular formula is C8H15NO4S. The Labute approximate surface area is 83.9 Å². The number of sulfonamides is 1. The zero-order valence-corrected chi connectivity index (χ0v) is 8.97. The van der Waals surface area contributed by atoms with Gasteiger partial charge >= 0.3 is 0 Å². The molecule has 14 heavy (non-hydrogen) atoms. The van der Waals surface area contributed by atoms with Crippen LogP contribution in [0.2, 0.25) is 0 Å². The van der Waals surface area contributed by atoms with E-state index in [1.54, 1.807) is 0 Å². The van der Waals surface area contributed by atoms with Gasteiger partial charge in [-0.3, -0.25) is 9.52 Å². The summed E-state index contributed by atoms with van der Waals surface area (Å²) in [6, 6.07) is 0. The minimum absolute atomic E-state index is 0.125.